The summed E-state index contributed by atoms with van der Waals surface area (Å²) in [4.78, 5) is 11.0. The minimum Gasteiger partial charge on any atom is -0.366 e. The average Bonchev–Trinajstić information content (AvgIpc) is 2.56. The molecule has 2 rings (SSSR count). The standard InChI is InChI=1S/C9H8F3N3O/c10-9(11,12)8(7(13)16)14-5-3-1-2-4-6(5)15-8/h1-4,14-15H,(H2,13,16). The van der Waals surface area contributed by atoms with E-state index in [0.29, 0.717) is 0 Å². The van der Waals surface area contributed by atoms with Crippen molar-refractivity contribution in [3.8, 4) is 0 Å². The average molecular weight is 231 g/mol. The number of para-hydroxylation sites is 2. The Kier molecular flexibility index (Phi) is 2.01. The number of hydrogen-bond donors (Lipinski definition) is 3. The van der Waals surface area contributed by atoms with Crippen LogP contribution in [0.15, 0.2) is 24.3 Å². The topological polar surface area (TPSA) is 67.2 Å². The smallest absolute Gasteiger partial charge is 0.366 e. The van der Waals surface area contributed by atoms with Gasteiger partial charge in [0, 0.05) is 0 Å². The molecule has 0 aromatic heterocycles. The number of carbonyl (C=O) groups is 1. The number of anilines is 2. The van der Waals surface area contributed by atoms with E-state index >= 15 is 0 Å². The highest BCUT2D eigenvalue weighted by molar-refractivity contribution is 5.97. The summed E-state index contributed by atoms with van der Waals surface area (Å²) in [6.07, 6.45) is -4.82. The molecule has 0 atom stereocenters. The minimum absolute atomic E-state index is 0.193. The number of primary amides is 1. The van der Waals surface area contributed by atoms with Crippen molar-refractivity contribution in [2.75, 3.05) is 10.6 Å². The molecule has 7 heteroatoms. The van der Waals surface area contributed by atoms with Gasteiger partial charge in [0.25, 0.3) is 11.6 Å². The van der Waals surface area contributed by atoms with Gasteiger partial charge in [-0.25, -0.2) is 0 Å². The number of rotatable bonds is 1. The molecular weight excluding hydrogens is 223 g/mol. The van der Waals surface area contributed by atoms with Crippen LogP contribution in [0.25, 0.3) is 0 Å². The van der Waals surface area contributed by atoms with Gasteiger partial charge >= 0.3 is 6.18 Å². The van der Waals surface area contributed by atoms with Crippen molar-refractivity contribution >= 4 is 17.3 Å². The van der Waals surface area contributed by atoms with E-state index in [1.807, 2.05) is 0 Å². The molecule has 0 radical (unpaired) electrons. The summed E-state index contributed by atoms with van der Waals surface area (Å²) in [7, 11) is 0. The van der Waals surface area contributed by atoms with Gasteiger partial charge in [0.1, 0.15) is 0 Å². The van der Waals surface area contributed by atoms with Gasteiger partial charge in [0.05, 0.1) is 11.4 Å². The van der Waals surface area contributed by atoms with E-state index in [1.165, 1.54) is 12.1 Å². The number of benzene rings is 1. The molecule has 0 bridgehead atoms. The Morgan fingerprint density at radius 1 is 1.19 bits per heavy atom. The van der Waals surface area contributed by atoms with Gasteiger partial charge in [0.15, 0.2) is 0 Å². The highest BCUT2D eigenvalue weighted by Gasteiger charge is 2.62. The fourth-order valence-electron chi connectivity index (χ4n) is 1.54. The van der Waals surface area contributed by atoms with Gasteiger partial charge in [-0.3, -0.25) is 4.79 Å². The highest BCUT2D eigenvalue weighted by atomic mass is 19.4. The SMILES string of the molecule is NC(=O)C1(C(F)(F)F)Nc2ccccc2N1. The molecular formula is C9H8F3N3O. The molecule has 86 valence electrons. The zero-order chi connectivity index (χ0) is 12.0. The number of fused-ring (bicyclic) bond motifs is 1. The quantitative estimate of drug-likeness (QED) is 0.681. The summed E-state index contributed by atoms with van der Waals surface area (Å²) < 4.78 is 38.4. The van der Waals surface area contributed by atoms with Gasteiger partial charge < -0.3 is 16.4 Å². The van der Waals surface area contributed by atoms with Crippen LogP contribution in [-0.4, -0.2) is 17.7 Å². The predicted octanol–water partition coefficient (Wildman–Crippen LogP) is 1.27. The molecule has 1 aromatic rings. The lowest BCUT2D eigenvalue weighted by atomic mass is 10.1. The first-order valence-electron chi connectivity index (χ1n) is 4.39. The van der Waals surface area contributed by atoms with E-state index in [1.54, 1.807) is 12.1 Å². The molecule has 1 amide bonds. The van der Waals surface area contributed by atoms with Crippen LogP contribution in [-0.2, 0) is 4.79 Å². The fraction of sp³-hybridized carbons (Fsp3) is 0.222. The monoisotopic (exact) mass is 231 g/mol. The van der Waals surface area contributed by atoms with Crippen LogP contribution in [0.2, 0.25) is 0 Å². The molecule has 4 nitrogen and oxygen atoms in total. The summed E-state index contributed by atoms with van der Waals surface area (Å²) in [6, 6.07) is 5.97. The molecule has 1 heterocycles. The van der Waals surface area contributed by atoms with Crippen molar-refractivity contribution in [1.82, 2.24) is 0 Å². The number of carbonyl (C=O) groups excluding carboxylic acids is 1. The molecule has 0 fully saturated rings. The number of hydrogen-bond acceptors (Lipinski definition) is 3. The number of amides is 1. The second-order valence-electron chi connectivity index (χ2n) is 3.41. The maximum absolute atomic E-state index is 12.8. The van der Waals surface area contributed by atoms with Crippen LogP contribution in [0, 0.1) is 0 Å². The zero-order valence-corrected chi connectivity index (χ0v) is 7.93. The number of alkyl halides is 3. The Bertz CT molecular complexity index is 419. The van der Waals surface area contributed by atoms with E-state index in [2.05, 4.69) is 10.6 Å². The molecule has 0 saturated carbocycles. The predicted molar refractivity (Wildman–Crippen MR) is 51.7 cm³/mol. The summed E-state index contributed by atoms with van der Waals surface area (Å²) in [5, 5.41) is 4.15. The van der Waals surface area contributed by atoms with Crippen LogP contribution < -0.4 is 16.4 Å². The fourth-order valence-corrected chi connectivity index (χ4v) is 1.54. The Labute approximate surface area is 88.6 Å². The maximum Gasteiger partial charge on any atom is 0.439 e. The van der Waals surface area contributed by atoms with E-state index in [-0.39, 0.29) is 11.4 Å². The largest absolute Gasteiger partial charge is 0.439 e. The van der Waals surface area contributed by atoms with Gasteiger partial charge in [-0.15, -0.1) is 0 Å². The van der Waals surface area contributed by atoms with E-state index in [9.17, 15) is 18.0 Å². The third kappa shape index (κ3) is 1.28. The second kappa shape index (κ2) is 3.03. The van der Waals surface area contributed by atoms with Crippen LogP contribution in [0.3, 0.4) is 0 Å². The van der Waals surface area contributed by atoms with Gasteiger partial charge in [-0.05, 0) is 12.1 Å². The normalized spacial score (nSPS) is 17.2. The molecule has 0 saturated heterocycles. The first kappa shape index (κ1) is 10.6. The van der Waals surface area contributed by atoms with Crippen LogP contribution in [0.4, 0.5) is 24.5 Å². The van der Waals surface area contributed by atoms with Crippen LogP contribution in [0.5, 0.6) is 0 Å². The van der Waals surface area contributed by atoms with Crippen molar-refractivity contribution in [3.63, 3.8) is 0 Å². The molecule has 0 unspecified atom stereocenters. The molecule has 1 aliphatic rings. The lowest BCUT2D eigenvalue weighted by Crippen LogP contribution is -2.63. The lowest BCUT2D eigenvalue weighted by molar-refractivity contribution is -0.177. The molecule has 1 aromatic carbocycles. The van der Waals surface area contributed by atoms with Crippen molar-refractivity contribution in [1.29, 1.82) is 0 Å². The first-order valence-corrected chi connectivity index (χ1v) is 4.39. The van der Waals surface area contributed by atoms with E-state index in [4.69, 9.17) is 5.73 Å². The van der Waals surface area contributed by atoms with Crippen molar-refractivity contribution in [2.24, 2.45) is 5.73 Å². The second-order valence-corrected chi connectivity index (χ2v) is 3.41. The van der Waals surface area contributed by atoms with E-state index < -0.39 is 17.7 Å². The Hall–Kier alpha value is -1.92. The van der Waals surface area contributed by atoms with E-state index in [0.717, 1.165) is 0 Å². The van der Waals surface area contributed by atoms with Crippen LogP contribution in [0.1, 0.15) is 0 Å². The molecule has 0 aliphatic carbocycles. The zero-order valence-electron chi connectivity index (χ0n) is 7.93. The van der Waals surface area contributed by atoms with Crippen LogP contribution >= 0.6 is 0 Å². The third-order valence-corrected chi connectivity index (χ3v) is 2.37. The highest BCUT2D eigenvalue weighted by Crippen LogP contribution is 2.42. The van der Waals surface area contributed by atoms with Crippen molar-refractivity contribution < 1.29 is 18.0 Å². The van der Waals surface area contributed by atoms with Gasteiger partial charge in [0.2, 0.25) is 0 Å². The van der Waals surface area contributed by atoms with Crippen molar-refractivity contribution in [3.05, 3.63) is 24.3 Å². The minimum atomic E-state index is -4.82. The summed E-state index contributed by atoms with van der Waals surface area (Å²) in [5.41, 5.74) is 2.28. The summed E-state index contributed by atoms with van der Waals surface area (Å²) >= 11 is 0. The first-order chi connectivity index (χ1) is 7.37. The molecule has 1 aliphatic heterocycles. The van der Waals surface area contributed by atoms with Crippen molar-refractivity contribution in [2.45, 2.75) is 11.8 Å². The Morgan fingerprint density at radius 3 is 1.94 bits per heavy atom. The number of nitrogens with two attached hydrogens (primary N) is 1. The van der Waals surface area contributed by atoms with Gasteiger partial charge in [-0.1, -0.05) is 12.1 Å². The number of halogens is 3. The third-order valence-electron chi connectivity index (χ3n) is 2.37. The molecule has 16 heavy (non-hydrogen) atoms. The maximum atomic E-state index is 12.8. The summed E-state index contributed by atoms with van der Waals surface area (Å²) in [5.74, 6) is -1.52. The Morgan fingerprint density at radius 2 is 1.62 bits per heavy atom. The lowest BCUT2D eigenvalue weighted by Gasteiger charge is -2.29. The van der Waals surface area contributed by atoms with Gasteiger partial charge in [-0.2, -0.15) is 13.2 Å². The Balaban J connectivity index is 2.47. The molecule has 0 spiro atoms. The molecule has 4 N–H and O–H groups in total. The number of nitrogens with one attached hydrogen (secondary N) is 2. The summed E-state index contributed by atoms with van der Waals surface area (Å²) in [6.45, 7) is 0.